The number of ketones is 1. The summed E-state index contributed by atoms with van der Waals surface area (Å²) in [6.07, 6.45) is -4.39. The van der Waals surface area contributed by atoms with Crippen LogP contribution in [0.4, 0.5) is 13.2 Å². The lowest BCUT2D eigenvalue weighted by Crippen LogP contribution is -2.03. The molecule has 0 unspecified atom stereocenters. The lowest BCUT2D eigenvalue weighted by molar-refractivity contribution is -0.137. The van der Waals surface area contributed by atoms with Gasteiger partial charge in [0.1, 0.15) is 15.6 Å². The molecule has 3 rings (SSSR count). The molecule has 0 N–H and O–H groups in total. The maximum atomic E-state index is 12.7. The number of carbonyl (C=O) groups is 1. The smallest absolute Gasteiger partial charge is 0.293 e. The molecule has 2 nitrogen and oxygen atoms in total. The van der Waals surface area contributed by atoms with Crippen molar-refractivity contribution in [2.24, 2.45) is 0 Å². The van der Waals surface area contributed by atoms with Crippen LogP contribution < -0.4 is 0 Å². The topological polar surface area (TPSA) is 30.0 Å². The summed E-state index contributed by atoms with van der Waals surface area (Å²) in [5, 5.41) is 0.460. The van der Waals surface area contributed by atoms with Gasteiger partial charge in [0.25, 0.3) is 0 Å². The van der Waals surface area contributed by atoms with Crippen LogP contribution in [0, 0.1) is 11.8 Å². The molecule has 130 valence electrons. The van der Waals surface area contributed by atoms with Crippen molar-refractivity contribution in [2.75, 3.05) is 0 Å². The summed E-state index contributed by atoms with van der Waals surface area (Å²) in [5.41, 5.74) is 0.902. The molecule has 26 heavy (non-hydrogen) atoms. The Balaban J connectivity index is 1.98. The van der Waals surface area contributed by atoms with Crippen LogP contribution in [-0.2, 0) is 6.18 Å². The first-order chi connectivity index (χ1) is 12.3. The number of Topliss-reactive ketones (excluding diaryl/α,β-unsaturated/α-hetero) is 1. The number of hydrogen-bond acceptors (Lipinski definition) is 3. The van der Waals surface area contributed by atoms with E-state index in [1.807, 2.05) is 30.3 Å². The molecule has 0 aliphatic carbocycles. The third kappa shape index (κ3) is 4.01. The van der Waals surface area contributed by atoms with Gasteiger partial charge in [0.15, 0.2) is 5.78 Å². The standard InChI is InChI=1S/C20H12F3NOS/c1-13(25)18-17(12-7-14-5-3-2-4-6-14)24-19(26-18)15-8-10-16(11-9-15)20(21,22)23/h2-6,8-11H,1H3. The lowest BCUT2D eigenvalue weighted by Gasteiger charge is -2.06. The van der Waals surface area contributed by atoms with E-state index in [0.29, 0.717) is 21.1 Å². The highest BCUT2D eigenvalue weighted by molar-refractivity contribution is 7.17. The summed E-state index contributed by atoms with van der Waals surface area (Å²) < 4.78 is 38.0. The van der Waals surface area contributed by atoms with Gasteiger partial charge in [-0.25, -0.2) is 4.98 Å². The number of aromatic nitrogens is 1. The Morgan fingerprint density at radius 2 is 1.65 bits per heavy atom. The number of halogens is 3. The molecule has 0 amide bonds. The molecule has 0 radical (unpaired) electrons. The highest BCUT2D eigenvalue weighted by Gasteiger charge is 2.30. The highest BCUT2D eigenvalue weighted by atomic mass is 32.1. The molecule has 0 spiro atoms. The first-order valence-corrected chi connectivity index (χ1v) is 8.43. The van der Waals surface area contributed by atoms with E-state index in [4.69, 9.17) is 0 Å². The fourth-order valence-corrected chi connectivity index (χ4v) is 3.14. The number of thiazole rings is 1. The number of hydrogen-bond donors (Lipinski definition) is 0. The second kappa shape index (κ2) is 7.14. The van der Waals surface area contributed by atoms with Crippen molar-refractivity contribution in [1.29, 1.82) is 0 Å². The maximum Gasteiger partial charge on any atom is 0.416 e. The molecular formula is C20H12F3NOS. The Morgan fingerprint density at radius 3 is 2.23 bits per heavy atom. The summed E-state index contributed by atoms with van der Waals surface area (Å²) in [6, 6.07) is 13.9. The maximum absolute atomic E-state index is 12.7. The molecule has 0 aliphatic heterocycles. The molecule has 0 fully saturated rings. The van der Waals surface area contributed by atoms with E-state index in [1.54, 1.807) is 0 Å². The van der Waals surface area contributed by atoms with Gasteiger partial charge in [-0.3, -0.25) is 4.79 Å². The third-order valence-electron chi connectivity index (χ3n) is 3.51. The SMILES string of the molecule is CC(=O)c1sc(-c2ccc(C(F)(F)F)cc2)nc1C#Cc1ccccc1. The Labute approximate surface area is 152 Å². The Hall–Kier alpha value is -2.91. The van der Waals surface area contributed by atoms with E-state index < -0.39 is 11.7 Å². The van der Waals surface area contributed by atoms with Gasteiger partial charge in [-0.05, 0) is 30.2 Å². The van der Waals surface area contributed by atoms with Crippen LogP contribution in [0.15, 0.2) is 54.6 Å². The molecule has 1 aromatic heterocycles. The lowest BCUT2D eigenvalue weighted by atomic mass is 10.1. The van der Waals surface area contributed by atoms with Gasteiger partial charge in [0, 0.05) is 18.1 Å². The quantitative estimate of drug-likeness (QED) is 0.444. The number of alkyl halides is 3. The average molecular weight is 371 g/mol. The number of benzene rings is 2. The van der Waals surface area contributed by atoms with Gasteiger partial charge in [-0.2, -0.15) is 13.2 Å². The van der Waals surface area contributed by atoms with E-state index >= 15 is 0 Å². The molecular weight excluding hydrogens is 359 g/mol. The van der Waals surface area contributed by atoms with Crippen molar-refractivity contribution in [1.82, 2.24) is 4.98 Å². The number of carbonyl (C=O) groups excluding carboxylic acids is 1. The van der Waals surface area contributed by atoms with Gasteiger partial charge in [0.2, 0.25) is 0 Å². The summed E-state index contributed by atoms with van der Waals surface area (Å²) in [7, 11) is 0. The zero-order valence-electron chi connectivity index (χ0n) is 13.6. The zero-order valence-corrected chi connectivity index (χ0v) is 14.4. The molecule has 3 aromatic rings. The summed E-state index contributed by atoms with van der Waals surface area (Å²) in [6.45, 7) is 1.41. The average Bonchev–Trinajstić information content (AvgIpc) is 3.05. The molecule has 0 saturated heterocycles. The first-order valence-electron chi connectivity index (χ1n) is 7.61. The Morgan fingerprint density at radius 1 is 1.00 bits per heavy atom. The molecule has 6 heteroatoms. The largest absolute Gasteiger partial charge is 0.416 e. The fourth-order valence-electron chi connectivity index (χ4n) is 2.22. The number of nitrogens with zero attached hydrogens (tertiary/aromatic N) is 1. The van der Waals surface area contributed by atoms with E-state index in [1.165, 1.54) is 19.1 Å². The van der Waals surface area contributed by atoms with Crippen LogP contribution in [0.25, 0.3) is 10.6 Å². The van der Waals surface area contributed by atoms with Crippen molar-refractivity contribution < 1.29 is 18.0 Å². The third-order valence-corrected chi connectivity index (χ3v) is 4.71. The normalized spacial score (nSPS) is 10.9. The molecule has 0 aliphatic rings. The minimum Gasteiger partial charge on any atom is -0.293 e. The minimum atomic E-state index is -4.39. The monoisotopic (exact) mass is 371 g/mol. The predicted octanol–water partition coefficient (Wildman–Crippen LogP) is 5.43. The Kier molecular flexibility index (Phi) is 4.92. The molecule has 2 aromatic carbocycles. The van der Waals surface area contributed by atoms with Gasteiger partial charge in [0.05, 0.1) is 5.56 Å². The molecule has 1 heterocycles. The van der Waals surface area contributed by atoms with Crippen LogP contribution in [0.3, 0.4) is 0 Å². The van der Waals surface area contributed by atoms with Crippen molar-refractivity contribution in [3.05, 3.63) is 76.3 Å². The van der Waals surface area contributed by atoms with Crippen molar-refractivity contribution >= 4 is 17.1 Å². The highest BCUT2D eigenvalue weighted by Crippen LogP contribution is 2.33. The Bertz CT molecular complexity index is 994. The second-order valence-corrected chi connectivity index (χ2v) is 6.44. The van der Waals surface area contributed by atoms with E-state index in [0.717, 1.165) is 29.0 Å². The summed E-state index contributed by atoms with van der Waals surface area (Å²) >= 11 is 1.12. The fraction of sp³-hybridized carbons (Fsp3) is 0.100. The summed E-state index contributed by atoms with van der Waals surface area (Å²) in [4.78, 5) is 16.6. The van der Waals surface area contributed by atoms with E-state index in [-0.39, 0.29) is 5.78 Å². The van der Waals surface area contributed by atoms with E-state index in [9.17, 15) is 18.0 Å². The minimum absolute atomic E-state index is 0.182. The van der Waals surface area contributed by atoms with Gasteiger partial charge in [-0.1, -0.05) is 36.3 Å². The van der Waals surface area contributed by atoms with Gasteiger partial charge < -0.3 is 0 Å². The van der Waals surface area contributed by atoms with Gasteiger partial charge in [-0.15, -0.1) is 11.3 Å². The van der Waals surface area contributed by atoms with Crippen LogP contribution in [-0.4, -0.2) is 10.8 Å². The molecule has 0 atom stereocenters. The van der Waals surface area contributed by atoms with Gasteiger partial charge >= 0.3 is 6.18 Å². The number of rotatable bonds is 2. The predicted molar refractivity (Wildman–Crippen MR) is 95.0 cm³/mol. The first kappa shape index (κ1) is 17.9. The van der Waals surface area contributed by atoms with Crippen molar-refractivity contribution in [2.45, 2.75) is 13.1 Å². The van der Waals surface area contributed by atoms with Crippen LogP contribution in [0.2, 0.25) is 0 Å². The second-order valence-electron chi connectivity index (χ2n) is 5.44. The van der Waals surface area contributed by atoms with Crippen molar-refractivity contribution in [3.63, 3.8) is 0 Å². The molecule has 0 bridgehead atoms. The van der Waals surface area contributed by atoms with Crippen LogP contribution in [0.5, 0.6) is 0 Å². The van der Waals surface area contributed by atoms with E-state index in [2.05, 4.69) is 16.8 Å². The van der Waals surface area contributed by atoms with Crippen LogP contribution in [0.1, 0.15) is 33.4 Å². The van der Waals surface area contributed by atoms with Crippen LogP contribution >= 0.6 is 11.3 Å². The van der Waals surface area contributed by atoms with Crippen molar-refractivity contribution in [3.8, 4) is 22.4 Å². The zero-order chi connectivity index (χ0) is 18.7. The summed E-state index contributed by atoms with van der Waals surface area (Å²) in [5.74, 6) is 5.65. The molecule has 0 saturated carbocycles.